The maximum absolute atomic E-state index is 12.9. The van der Waals surface area contributed by atoms with E-state index < -0.39 is 0 Å². The second-order valence-corrected chi connectivity index (χ2v) is 9.82. The van der Waals surface area contributed by atoms with Gasteiger partial charge >= 0.3 is 0 Å². The normalized spacial score (nSPS) is 29.6. The number of piperidine rings is 2. The van der Waals surface area contributed by atoms with Crippen LogP contribution in [0, 0.1) is 22.7 Å². The molecule has 1 amide bonds. The Labute approximate surface area is 153 Å². The maximum atomic E-state index is 12.9. The van der Waals surface area contributed by atoms with Crippen molar-refractivity contribution in [3.8, 4) is 0 Å². The summed E-state index contributed by atoms with van der Waals surface area (Å²) in [6.07, 6.45) is 10.0. The third kappa shape index (κ3) is 3.75. The van der Waals surface area contributed by atoms with Crippen molar-refractivity contribution in [3.05, 3.63) is 0 Å². The molecular formula is C21H36N2O2. The van der Waals surface area contributed by atoms with Crippen LogP contribution in [0.15, 0.2) is 0 Å². The number of nitrogens with zero attached hydrogens (tertiary/aromatic N) is 2. The molecule has 4 aliphatic rings. The first kappa shape index (κ1) is 17.8. The number of methoxy groups -OCH3 is 1. The zero-order valence-corrected chi connectivity index (χ0v) is 16.3. The van der Waals surface area contributed by atoms with Gasteiger partial charge in [-0.2, -0.15) is 0 Å². The zero-order valence-electron chi connectivity index (χ0n) is 16.3. The molecule has 0 aromatic carbocycles. The zero-order chi connectivity index (χ0) is 17.5. The molecule has 0 aromatic heterocycles. The van der Waals surface area contributed by atoms with Crippen LogP contribution in [0.25, 0.3) is 0 Å². The number of carbonyl (C=O) groups is 1. The first-order valence-corrected chi connectivity index (χ1v) is 10.5. The summed E-state index contributed by atoms with van der Waals surface area (Å²) in [6, 6.07) is 0. The van der Waals surface area contributed by atoms with Crippen molar-refractivity contribution in [2.24, 2.45) is 22.7 Å². The molecule has 4 fully saturated rings. The quantitative estimate of drug-likeness (QED) is 0.765. The van der Waals surface area contributed by atoms with Crippen molar-refractivity contribution in [3.63, 3.8) is 0 Å². The Morgan fingerprint density at radius 1 is 1.04 bits per heavy atom. The Bertz CT molecular complexity index is 478. The van der Waals surface area contributed by atoms with E-state index in [0.717, 1.165) is 51.5 Å². The van der Waals surface area contributed by atoms with Crippen molar-refractivity contribution >= 4 is 5.91 Å². The molecule has 142 valence electrons. The number of likely N-dealkylation sites (tertiary alicyclic amines) is 2. The van der Waals surface area contributed by atoms with Crippen molar-refractivity contribution in [1.82, 2.24) is 9.80 Å². The summed E-state index contributed by atoms with van der Waals surface area (Å²) in [7, 11) is 1.82. The van der Waals surface area contributed by atoms with Crippen LogP contribution >= 0.6 is 0 Å². The van der Waals surface area contributed by atoms with Crippen molar-refractivity contribution in [1.29, 1.82) is 0 Å². The van der Waals surface area contributed by atoms with E-state index in [1.807, 2.05) is 7.11 Å². The summed E-state index contributed by atoms with van der Waals surface area (Å²) >= 11 is 0. The Hall–Kier alpha value is -0.610. The lowest BCUT2D eigenvalue weighted by atomic mass is 9.58. The fourth-order valence-electron chi connectivity index (χ4n) is 5.93. The molecule has 2 heterocycles. The third-order valence-electron chi connectivity index (χ3n) is 7.60. The average Bonchev–Trinajstić information content (AvgIpc) is 3.34. The lowest BCUT2D eigenvalue weighted by Gasteiger charge is -2.52. The van der Waals surface area contributed by atoms with E-state index in [1.165, 1.54) is 45.1 Å². The summed E-state index contributed by atoms with van der Waals surface area (Å²) in [6.45, 7) is 8.67. The molecule has 1 spiro atoms. The van der Waals surface area contributed by atoms with Gasteiger partial charge in [0.15, 0.2) is 0 Å². The maximum Gasteiger partial charge on any atom is 0.225 e. The third-order valence-corrected chi connectivity index (χ3v) is 7.60. The number of hydrogen-bond donors (Lipinski definition) is 0. The van der Waals surface area contributed by atoms with Crippen LogP contribution in [0.1, 0.15) is 58.3 Å². The lowest BCUT2D eigenvalue weighted by molar-refractivity contribution is -0.141. The molecule has 0 bridgehead atoms. The highest BCUT2D eigenvalue weighted by atomic mass is 16.5. The van der Waals surface area contributed by atoms with Gasteiger partial charge in [0.25, 0.3) is 0 Å². The molecule has 25 heavy (non-hydrogen) atoms. The van der Waals surface area contributed by atoms with Crippen LogP contribution in [0.3, 0.4) is 0 Å². The van der Waals surface area contributed by atoms with E-state index in [9.17, 15) is 4.79 Å². The lowest BCUT2D eigenvalue weighted by Crippen LogP contribution is -2.51. The Balaban J connectivity index is 1.21. The van der Waals surface area contributed by atoms with Crippen LogP contribution < -0.4 is 0 Å². The molecule has 0 N–H and O–H groups in total. The average molecular weight is 349 g/mol. The molecule has 2 aliphatic heterocycles. The largest absolute Gasteiger partial charge is 0.384 e. The van der Waals surface area contributed by atoms with E-state index in [2.05, 4.69) is 16.7 Å². The standard InChI is InChI=1S/C21H36N2O2/c1-17-13-20(14-17)7-11-23(12-8-20)19(24)18-3-9-22(10-4-18)15-21(5-6-21)16-25-2/h17-18H,3-16H2,1-2H3. The number of ether oxygens (including phenoxy) is 1. The Morgan fingerprint density at radius 3 is 2.20 bits per heavy atom. The van der Waals surface area contributed by atoms with Crippen LogP contribution in [0.2, 0.25) is 0 Å². The summed E-state index contributed by atoms with van der Waals surface area (Å²) in [5.74, 6) is 1.66. The van der Waals surface area contributed by atoms with Crippen LogP contribution in [0.5, 0.6) is 0 Å². The Morgan fingerprint density at radius 2 is 1.68 bits per heavy atom. The second-order valence-electron chi connectivity index (χ2n) is 9.82. The van der Waals surface area contributed by atoms with Crippen LogP contribution in [-0.2, 0) is 9.53 Å². The fourth-order valence-corrected chi connectivity index (χ4v) is 5.93. The number of rotatable bonds is 5. The summed E-state index contributed by atoms with van der Waals surface area (Å²) in [5, 5.41) is 0. The first-order valence-electron chi connectivity index (χ1n) is 10.5. The minimum Gasteiger partial charge on any atom is -0.384 e. The van der Waals surface area contributed by atoms with E-state index >= 15 is 0 Å². The highest BCUT2D eigenvalue weighted by Crippen LogP contribution is 2.52. The van der Waals surface area contributed by atoms with E-state index in [0.29, 0.717) is 16.7 Å². The smallest absolute Gasteiger partial charge is 0.225 e. The number of hydrogen-bond acceptors (Lipinski definition) is 3. The number of carbonyl (C=O) groups excluding carboxylic acids is 1. The molecule has 0 aromatic rings. The summed E-state index contributed by atoms with van der Waals surface area (Å²) in [5.41, 5.74) is 1.05. The van der Waals surface area contributed by atoms with Gasteiger partial charge in [-0.3, -0.25) is 4.79 Å². The van der Waals surface area contributed by atoms with Gasteiger partial charge in [0.1, 0.15) is 0 Å². The van der Waals surface area contributed by atoms with Gasteiger partial charge in [0.2, 0.25) is 5.91 Å². The minimum atomic E-state index is 0.281. The Kier molecular flexibility index (Phi) is 4.87. The monoisotopic (exact) mass is 348 g/mol. The molecule has 0 unspecified atom stereocenters. The fraction of sp³-hybridized carbons (Fsp3) is 0.952. The van der Waals surface area contributed by atoms with Gasteiger partial charge in [-0.1, -0.05) is 6.92 Å². The van der Waals surface area contributed by atoms with Gasteiger partial charge in [-0.25, -0.2) is 0 Å². The molecule has 4 rings (SSSR count). The molecule has 4 nitrogen and oxygen atoms in total. The van der Waals surface area contributed by atoms with Gasteiger partial charge in [0.05, 0.1) is 6.61 Å². The van der Waals surface area contributed by atoms with Crippen molar-refractivity contribution in [2.45, 2.75) is 58.3 Å². The molecule has 2 saturated carbocycles. The highest BCUT2D eigenvalue weighted by molar-refractivity contribution is 5.79. The first-order chi connectivity index (χ1) is 12.0. The molecular weight excluding hydrogens is 312 g/mol. The molecule has 2 saturated heterocycles. The van der Waals surface area contributed by atoms with E-state index in [1.54, 1.807) is 0 Å². The predicted molar refractivity (Wildman–Crippen MR) is 99.4 cm³/mol. The van der Waals surface area contributed by atoms with Crippen molar-refractivity contribution < 1.29 is 9.53 Å². The summed E-state index contributed by atoms with van der Waals surface area (Å²) in [4.78, 5) is 17.7. The molecule has 4 heteroatoms. The molecule has 0 radical (unpaired) electrons. The molecule has 2 aliphatic carbocycles. The van der Waals surface area contributed by atoms with Crippen LogP contribution in [-0.4, -0.2) is 62.1 Å². The van der Waals surface area contributed by atoms with Gasteiger partial charge in [-0.05, 0) is 75.8 Å². The SMILES string of the molecule is COCC1(CN2CCC(C(=O)N3CCC4(CC3)CC(C)C4)CC2)CC1. The van der Waals surface area contributed by atoms with Gasteiger partial charge in [0, 0.05) is 38.1 Å². The number of amides is 1. The predicted octanol–water partition coefficient (Wildman–Crippen LogP) is 3.16. The highest BCUT2D eigenvalue weighted by Gasteiger charge is 2.46. The summed E-state index contributed by atoms with van der Waals surface area (Å²) < 4.78 is 5.40. The topological polar surface area (TPSA) is 32.8 Å². The minimum absolute atomic E-state index is 0.281. The second kappa shape index (κ2) is 6.84. The van der Waals surface area contributed by atoms with E-state index in [4.69, 9.17) is 4.74 Å². The molecule has 0 atom stereocenters. The van der Waals surface area contributed by atoms with Crippen molar-refractivity contribution in [2.75, 3.05) is 46.4 Å². The van der Waals surface area contributed by atoms with Gasteiger partial charge < -0.3 is 14.5 Å². The van der Waals surface area contributed by atoms with E-state index in [-0.39, 0.29) is 5.92 Å². The van der Waals surface area contributed by atoms with Gasteiger partial charge in [-0.15, -0.1) is 0 Å². The van der Waals surface area contributed by atoms with Crippen LogP contribution in [0.4, 0.5) is 0 Å².